The fraction of sp³-hybridized carbons (Fsp3) is 0.444. The normalized spacial score (nSPS) is 18.2. The third-order valence-electron chi connectivity index (χ3n) is 7.44. The molecule has 0 aliphatic carbocycles. The van der Waals surface area contributed by atoms with E-state index in [-0.39, 0.29) is 35.0 Å². The van der Waals surface area contributed by atoms with Crippen LogP contribution in [-0.4, -0.2) is 70.2 Å². The minimum absolute atomic E-state index is 0.0649. The summed E-state index contributed by atoms with van der Waals surface area (Å²) >= 11 is 0. The maximum atomic E-state index is 13.7. The highest BCUT2D eigenvalue weighted by molar-refractivity contribution is 7.89. The molecule has 0 spiro atoms. The number of methoxy groups -OCH3 is 1. The summed E-state index contributed by atoms with van der Waals surface area (Å²) in [5.41, 5.74) is 1.96. The number of halogens is 1. The second kappa shape index (κ2) is 11.5. The number of rotatable bonds is 8. The van der Waals surface area contributed by atoms with Crippen molar-refractivity contribution in [1.82, 2.24) is 29.1 Å². The predicted molar refractivity (Wildman–Crippen MR) is 146 cm³/mol. The highest BCUT2D eigenvalue weighted by atomic mass is 32.2. The van der Waals surface area contributed by atoms with Gasteiger partial charge in [-0.05, 0) is 50.5 Å². The number of benzene rings is 1. The lowest BCUT2D eigenvalue weighted by molar-refractivity contribution is 0.0225. The lowest BCUT2D eigenvalue weighted by Gasteiger charge is -2.32. The topological polar surface area (TPSA) is 141 Å². The number of nitrogens with zero attached hydrogens (tertiary/aromatic N) is 6. The van der Waals surface area contributed by atoms with Crippen LogP contribution in [0.15, 0.2) is 40.6 Å². The van der Waals surface area contributed by atoms with Gasteiger partial charge in [0.2, 0.25) is 0 Å². The zero-order valence-corrected chi connectivity index (χ0v) is 24.1. The number of aryl methyl sites for hydroxylation is 3. The molecule has 0 radical (unpaired) electrons. The van der Waals surface area contributed by atoms with E-state index in [9.17, 15) is 17.6 Å². The van der Waals surface area contributed by atoms with Gasteiger partial charge in [0.25, 0.3) is 15.9 Å². The van der Waals surface area contributed by atoms with Gasteiger partial charge in [0.15, 0.2) is 16.6 Å². The van der Waals surface area contributed by atoms with Gasteiger partial charge in [0.1, 0.15) is 29.2 Å². The second-order valence-electron chi connectivity index (χ2n) is 10.2. The fourth-order valence-corrected chi connectivity index (χ4v) is 6.49. The summed E-state index contributed by atoms with van der Waals surface area (Å²) in [5.74, 6) is 0.370. The molecule has 1 atom stereocenters. The summed E-state index contributed by atoms with van der Waals surface area (Å²) in [6.45, 7) is 4.36. The molecule has 12 nitrogen and oxygen atoms in total. The summed E-state index contributed by atoms with van der Waals surface area (Å²) in [6.07, 6.45) is 3.07. The van der Waals surface area contributed by atoms with Gasteiger partial charge in [0.05, 0.1) is 12.8 Å². The molecule has 3 aromatic rings. The smallest absolute Gasteiger partial charge is 0.270 e. The lowest BCUT2D eigenvalue weighted by atomic mass is 9.89. The summed E-state index contributed by atoms with van der Waals surface area (Å²) in [4.78, 5) is 31.5. The summed E-state index contributed by atoms with van der Waals surface area (Å²) in [5, 5.41) is 7.10. The van der Waals surface area contributed by atoms with Crippen LogP contribution in [0, 0.1) is 25.6 Å². The molecule has 1 saturated heterocycles. The van der Waals surface area contributed by atoms with E-state index in [1.54, 1.807) is 37.6 Å². The number of amides is 1. The van der Waals surface area contributed by atoms with Gasteiger partial charge in [-0.25, -0.2) is 27.8 Å². The van der Waals surface area contributed by atoms with Crippen molar-refractivity contribution in [2.24, 2.45) is 18.1 Å². The van der Waals surface area contributed by atoms with E-state index >= 15 is 0 Å². The maximum Gasteiger partial charge on any atom is 0.270 e. The summed E-state index contributed by atoms with van der Waals surface area (Å²) in [7, 11) is -0.511. The van der Waals surface area contributed by atoms with E-state index in [1.807, 2.05) is 0 Å². The van der Waals surface area contributed by atoms with Crippen molar-refractivity contribution in [2.45, 2.75) is 50.8 Å². The molecule has 2 aromatic heterocycles. The Hall–Kier alpha value is -3.91. The van der Waals surface area contributed by atoms with E-state index in [0.29, 0.717) is 61.0 Å². The van der Waals surface area contributed by atoms with Crippen LogP contribution in [0.5, 0.6) is 5.75 Å². The van der Waals surface area contributed by atoms with E-state index in [4.69, 9.17) is 9.57 Å². The highest BCUT2D eigenvalue weighted by Crippen LogP contribution is 2.31. The first-order valence-electron chi connectivity index (χ1n) is 13.2. The Balaban J connectivity index is 1.19. The van der Waals surface area contributed by atoms with Crippen molar-refractivity contribution in [2.75, 3.05) is 20.2 Å². The first-order valence-corrected chi connectivity index (χ1v) is 14.7. The number of aromatic nitrogens is 4. The minimum Gasteiger partial charge on any atom is -0.494 e. The number of piperidine rings is 1. The maximum absolute atomic E-state index is 13.7. The Bertz CT molecular complexity index is 1580. The van der Waals surface area contributed by atoms with Crippen LogP contribution in [0.4, 0.5) is 4.39 Å². The van der Waals surface area contributed by atoms with Crippen molar-refractivity contribution < 1.29 is 27.2 Å². The number of hydrogen-bond acceptors (Lipinski definition) is 9. The number of nitrogens with one attached hydrogen (secondary N) is 1. The molecule has 1 N–H and O–H groups in total. The van der Waals surface area contributed by atoms with Gasteiger partial charge in [-0.3, -0.25) is 4.79 Å². The molecule has 2 aliphatic heterocycles. The van der Waals surface area contributed by atoms with Crippen molar-refractivity contribution in [3.8, 4) is 5.75 Å². The SMILES string of the molecule is COc1cc(CNC(=O)c2cc(C3=NOC(C4CCN(S(=O)(=O)c5cn(C)c(C)n5)CC4)C3)nc(C)n2)ccc1F. The molecular weight excluding hydrogens is 553 g/mol. The van der Waals surface area contributed by atoms with Crippen molar-refractivity contribution >= 4 is 21.6 Å². The summed E-state index contributed by atoms with van der Waals surface area (Å²) in [6, 6.07) is 5.95. The van der Waals surface area contributed by atoms with Crippen LogP contribution >= 0.6 is 0 Å². The van der Waals surface area contributed by atoms with Gasteiger partial charge in [-0.1, -0.05) is 11.2 Å². The quantitative estimate of drug-likeness (QED) is 0.425. The van der Waals surface area contributed by atoms with E-state index in [2.05, 4.69) is 25.4 Å². The molecule has 41 heavy (non-hydrogen) atoms. The number of imidazole rings is 1. The molecule has 1 fully saturated rings. The first-order chi connectivity index (χ1) is 19.5. The highest BCUT2D eigenvalue weighted by Gasteiger charge is 2.37. The number of hydrogen-bond donors (Lipinski definition) is 1. The third-order valence-corrected chi connectivity index (χ3v) is 9.21. The van der Waals surface area contributed by atoms with Crippen LogP contribution in [0.1, 0.15) is 52.7 Å². The van der Waals surface area contributed by atoms with Crippen LogP contribution in [0.3, 0.4) is 0 Å². The van der Waals surface area contributed by atoms with Gasteiger partial charge in [0, 0.05) is 45.2 Å². The molecule has 1 aromatic carbocycles. The number of carbonyl (C=O) groups excluding carboxylic acids is 1. The van der Waals surface area contributed by atoms with E-state index < -0.39 is 21.7 Å². The van der Waals surface area contributed by atoms with E-state index in [1.165, 1.54) is 29.7 Å². The Morgan fingerprint density at radius 3 is 2.61 bits per heavy atom. The molecule has 2 aliphatic rings. The molecule has 0 saturated carbocycles. The average molecular weight is 586 g/mol. The Morgan fingerprint density at radius 2 is 1.93 bits per heavy atom. The second-order valence-corrected chi connectivity index (χ2v) is 12.1. The van der Waals surface area contributed by atoms with Crippen LogP contribution in [0.2, 0.25) is 0 Å². The first kappa shape index (κ1) is 28.6. The zero-order valence-electron chi connectivity index (χ0n) is 23.3. The molecule has 1 amide bonds. The van der Waals surface area contributed by atoms with Crippen molar-refractivity contribution in [3.05, 3.63) is 64.9 Å². The zero-order chi connectivity index (χ0) is 29.3. The Labute approximate surface area is 237 Å². The Kier molecular flexibility index (Phi) is 8.04. The van der Waals surface area contributed by atoms with Crippen LogP contribution in [0.25, 0.3) is 0 Å². The molecule has 1 unspecified atom stereocenters. The molecule has 218 valence electrons. The summed E-state index contributed by atoms with van der Waals surface area (Å²) < 4.78 is 47.9. The van der Waals surface area contributed by atoms with E-state index in [0.717, 1.165) is 0 Å². The van der Waals surface area contributed by atoms with Gasteiger partial charge < -0.3 is 19.5 Å². The molecule has 4 heterocycles. The predicted octanol–water partition coefficient (Wildman–Crippen LogP) is 2.50. The minimum atomic E-state index is -3.66. The third kappa shape index (κ3) is 6.07. The number of oxime groups is 1. The van der Waals surface area contributed by atoms with Gasteiger partial charge in [-0.15, -0.1) is 0 Å². The monoisotopic (exact) mass is 585 g/mol. The van der Waals surface area contributed by atoms with Crippen molar-refractivity contribution in [3.63, 3.8) is 0 Å². The number of ether oxygens (including phenoxy) is 1. The lowest BCUT2D eigenvalue weighted by Crippen LogP contribution is -2.41. The standard InChI is InChI=1S/C27H32FN7O5S/c1-16-30-21(12-23(31-16)27(36)29-14-18-5-6-20(28)25(11-18)39-4)22-13-24(40-33-22)19-7-9-35(10-8-19)41(37,38)26-15-34(3)17(2)32-26/h5-6,11-12,15,19,24H,7-10,13-14H2,1-4H3,(H,29,36). The fourth-order valence-electron chi connectivity index (χ4n) is 4.99. The van der Waals surface area contributed by atoms with Crippen LogP contribution in [-0.2, 0) is 28.5 Å². The van der Waals surface area contributed by atoms with Crippen molar-refractivity contribution in [1.29, 1.82) is 0 Å². The average Bonchev–Trinajstić information content (AvgIpc) is 3.59. The molecular formula is C27H32FN7O5S. The molecule has 0 bridgehead atoms. The van der Waals surface area contributed by atoms with Gasteiger partial charge >= 0.3 is 0 Å². The molecule has 14 heteroatoms. The molecule has 5 rings (SSSR count). The number of carbonyl (C=O) groups is 1. The van der Waals surface area contributed by atoms with Crippen LogP contribution < -0.4 is 10.1 Å². The van der Waals surface area contributed by atoms with Gasteiger partial charge in [-0.2, -0.15) is 4.31 Å². The largest absolute Gasteiger partial charge is 0.494 e. The Morgan fingerprint density at radius 1 is 1.17 bits per heavy atom. The number of sulfonamides is 1.